The van der Waals surface area contributed by atoms with Crippen molar-refractivity contribution in [3.05, 3.63) is 6.42 Å². The number of hydrogen-bond acceptors (Lipinski definition) is 1. The highest BCUT2D eigenvalue weighted by atomic mass is 16.4. The first-order valence-corrected chi connectivity index (χ1v) is 2.37. The van der Waals surface area contributed by atoms with Gasteiger partial charge < -0.3 is 5.11 Å². The summed E-state index contributed by atoms with van der Waals surface area (Å²) in [4.78, 5) is 9.98. The Bertz CT molecular complexity index is 121. The summed E-state index contributed by atoms with van der Waals surface area (Å²) in [5, 5.41) is 8.19. The zero-order valence-electron chi connectivity index (χ0n) is 4.64. The van der Waals surface area contributed by atoms with Crippen LogP contribution in [0.1, 0.15) is 13.3 Å². The second kappa shape index (κ2) is 3.09. The maximum absolute atomic E-state index is 9.98. The van der Waals surface area contributed by atoms with Crippen LogP contribution in [-0.4, -0.2) is 11.1 Å². The molecule has 0 aliphatic carbocycles. The maximum atomic E-state index is 9.98. The van der Waals surface area contributed by atoms with Crippen molar-refractivity contribution >= 4 is 5.97 Å². The molecule has 0 aromatic rings. The fraction of sp³-hybridized carbons (Fsp3) is 0.500. The molecule has 2 heteroatoms. The Morgan fingerprint density at radius 1 is 2.00 bits per heavy atom. The van der Waals surface area contributed by atoms with Crippen molar-refractivity contribution < 1.29 is 9.90 Å². The Morgan fingerprint density at radius 2 is 2.50 bits per heavy atom. The van der Waals surface area contributed by atoms with Gasteiger partial charge in [-0.3, -0.25) is 4.79 Å². The summed E-state index contributed by atoms with van der Waals surface area (Å²) in [5.74, 6) is 0.219. The Morgan fingerprint density at radius 3 is 2.50 bits per heavy atom. The molecule has 8 heavy (non-hydrogen) atoms. The van der Waals surface area contributed by atoms with E-state index in [1.165, 1.54) is 0 Å². The summed E-state index contributed by atoms with van der Waals surface area (Å²) in [5.41, 5.74) is 0. The van der Waals surface area contributed by atoms with E-state index in [4.69, 9.17) is 11.5 Å². The van der Waals surface area contributed by atoms with Gasteiger partial charge in [0.1, 0.15) is 5.92 Å². The van der Waals surface area contributed by atoms with Crippen LogP contribution < -0.4 is 0 Å². The Hall–Kier alpha value is -0.970. The molecule has 0 spiro atoms. The summed E-state index contributed by atoms with van der Waals surface area (Å²) in [6.45, 7) is 1.71. The summed E-state index contributed by atoms with van der Waals surface area (Å²) >= 11 is 0. The highest BCUT2D eigenvalue weighted by molar-refractivity contribution is 5.72. The summed E-state index contributed by atoms with van der Waals surface area (Å²) in [6, 6.07) is 0. The standard InChI is InChI=1S/C6H7O2/c1-3-5(4-2)6(7)8/h5H,3H2,1H3,(H,7,8). The lowest BCUT2D eigenvalue weighted by atomic mass is 10.1. The Balaban J connectivity index is 3.76. The van der Waals surface area contributed by atoms with Crippen LogP contribution in [0, 0.1) is 18.3 Å². The minimum atomic E-state index is -0.970. The van der Waals surface area contributed by atoms with Gasteiger partial charge in [-0.15, -0.1) is 0 Å². The van der Waals surface area contributed by atoms with Crippen LogP contribution in [0.15, 0.2) is 0 Å². The van der Waals surface area contributed by atoms with E-state index in [0.717, 1.165) is 0 Å². The summed E-state index contributed by atoms with van der Waals surface area (Å²) < 4.78 is 0. The van der Waals surface area contributed by atoms with Crippen molar-refractivity contribution in [2.75, 3.05) is 0 Å². The van der Waals surface area contributed by atoms with Crippen LogP contribution in [0.5, 0.6) is 0 Å². The first kappa shape index (κ1) is 7.03. The molecule has 0 heterocycles. The molecule has 1 atom stereocenters. The van der Waals surface area contributed by atoms with Crippen molar-refractivity contribution in [1.82, 2.24) is 0 Å². The molecule has 0 saturated carbocycles. The van der Waals surface area contributed by atoms with Gasteiger partial charge in [-0.25, -0.2) is 0 Å². The number of rotatable bonds is 2. The zero-order chi connectivity index (χ0) is 6.57. The number of aliphatic carboxylic acids is 1. The van der Waals surface area contributed by atoms with Gasteiger partial charge in [0, 0.05) is 0 Å². The molecule has 1 radical (unpaired) electrons. The Labute approximate surface area is 48.5 Å². The molecule has 0 aliphatic rings. The van der Waals surface area contributed by atoms with Crippen molar-refractivity contribution in [2.24, 2.45) is 5.92 Å². The van der Waals surface area contributed by atoms with Crippen LogP contribution in [0.3, 0.4) is 0 Å². The van der Waals surface area contributed by atoms with E-state index in [1.54, 1.807) is 6.92 Å². The normalized spacial score (nSPS) is 12.0. The second-order valence-electron chi connectivity index (χ2n) is 1.44. The smallest absolute Gasteiger partial charge is 0.318 e. The fourth-order valence-electron chi connectivity index (χ4n) is 0.338. The lowest BCUT2D eigenvalue weighted by Crippen LogP contribution is -2.08. The number of carboxylic acid groups (broad SMARTS) is 1. The predicted molar refractivity (Wildman–Crippen MR) is 28.5 cm³/mol. The molecule has 0 fully saturated rings. The Kier molecular flexibility index (Phi) is 2.71. The van der Waals surface area contributed by atoms with E-state index in [-0.39, 0.29) is 0 Å². The first-order valence-electron chi connectivity index (χ1n) is 2.37. The van der Waals surface area contributed by atoms with E-state index < -0.39 is 11.9 Å². The van der Waals surface area contributed by atoms with Gasteiger partial charge in [0.25, 0.3) is 0 Å². The van der Waals surface area contributed by atoms with E-state index in [0.29, 0.717) is 6.42 Å². The minimum absolute atomic E-state index is 0.443. The van der Waals surface area contributed by atoms with Gasteiger partial charge in [0.05, 0.1) is 0 Å². The van der Waals surface area contributed by atoms with Crippen molar-refractivity contribution in [3.63, 3.8) is 0 Å². The highest BCUT2D eigenvalue weighted by Gasteiger charge is 2.09. The third-order valence-corrected chi connectivity index (χ3v) is 0.881. The van der Waals surface area contributed by atoms with Gasteiger partial charge in [-0.05, 0) is 12.8 Å². The lowest BCUT2D eigenvalue weighted by Gasteiger charge is -1.95. The van der Waals surface area contributed by atoms with E-state index >= 15 is 0 Å². The molecule has 0 bridgehead atoms. The first-order chi connectivity index (χ1) is 3.72. The van der Waals surface area contributed by atoms with Gasteiger partial charge in [-0.1, -0.05) is 12.8 Å². The lowest BCUT2D eigenvalue weighted by molar-refractivity contribution is -0.139. The van der Waals surface area contributed by atoms with E-state index in [9.17, 15) is 4.79 Å². The molecule has 0 aliphatic heterocycles. The minimum Gasteiger partial charge on any atom is -0.480 e. The third kappa shape index (κ3) is 1.65. The molecular formula is C6H7O2. The largest absolute Gasteiger partial charge is 0.480 e. The molecular weight excluding hydrogens is 104 g/mol. The molecule has 0 saturated heterocycles. The fourth-order valence-corrected chi connectivity index (χ4v) is 0.338. The molecule has 0 aromatic heterocycles. The number of carbonyl (C=O) groups is 1. The number of hydrogen-bond donors (Lipinski definition) is 1. The van der Waals surface area contributed by atoms with Crippen LogP contribution >= 0.6 is 0 Å². The van der Waals surface area contributed by atoms with Gasteiger partial charge in [0.15, 0.2) is 0 Å². The second-order valence-corrected chi connectivity index (χ2v) is 1.44. The topological polar surface area (TPSA) is 37.3 Å². The molecule has 0 rings (SSSR count). The van der Waals surface area contributed by atoms with E-state index in [1.807, 2.05) is 5.92 Å². The predicted octanol–water partition coefficient (Wildman–Crippen LogP) is 0.687. The van der Waals surface area contributed by atoms with Crippen LogP contribution in [0.2, 0.25) is 0 Å². The molecule has 43 valence electrons. The highest BCUT2D eigenvalue weighted by Crippen LogP contribution is 1.98. The van der Waals surface area contributed by atoms with Crippen molar-refractivity contribution in [3.8, 4) is 5.92 Å². The van der Waals surface area contributed by atoms with Crippen LogP contribution in [0.4, 0.5) is 0 Å². The molecule has 0 amide bonds. The van der Waals surface area contributed by atoms with Crippen LogP contribution in [0.25, 0.3) is 0 Å². The van der Waals surface area contributed by atoms with Crippen LogP contribution in [-0.2, 0) is 4.79 Å². The SMILES string of the molecule is [C]#CC(CC)C(=O)O. The maximum Gasteiger partial charge on any atom is 0.318 e. The quantitative estimate of drug-likeness (QED) is 0.532. The average Bonchev–Trinajstić information content (AvgIpc) is 1.69. The van der Waals surface area contributed by atoms with Crippen molar-refractivity contribution in [2.45, 2.75) is 13.3 Å². The number of carboxylic acids is 1. The van der Waals surface area contributed by atoms with Gasteiger partial charge >= 0.3 is 5.97 Å². The van der Waals surface area contributed by atoms with Gasteiger partial charge in [-0.2, -0.15) is 0 Å². The molecule has 0 aromatic carbocycles. The average molecular weight is 111 g/mol. The molecule has 1 N–H and O–H groups in total. The third-order valence-electron chi connectivity index (χ3n) is 0.881. The monoisotopic (exact) mass is 111 g/mol. The summed E-state index contributed by atoms with van der Waals surface area (Å²) in [7, 11) is 0. The zero-order valence-corrected chi connectivity index (χ0v) is 4.64. The van der Waals surface area contributed by atoms with Crippen molar-refractivity contribution in [1.29, 1.82) is 0 Å². The van der Waals surface area contributed by atoms with Gasteiger partial charge in [0.2, 0.25) is 0 Å². The molecule has 2 nitrogen and oxygen atoms in total. The molecule has 1 unspecified atom stereocenters. The van der Waals surface area contributed by atoms with E-state index in [2.05, 4.69) is 0 Å². The summed E-state index contributed by atoms with van der Waals surface area (Å²) in [6.07, 6.45) is 6.90.